The van der Waals surface area contributed by atoms with Gasteiger partial charge in [0.15, 0.2) is 0 Å². The van der Waals surface area contributed by atoms with Crippen LogP contribution in [0, 0.1) is 11.8 Å². The summed E-state index contributed by atoms with van der Waals surface area (Å²) in [5.41, 5.74) is 1.93. The van der Waals surface area contributed by atoms with Crippen molar-refractivity contribution in [2.45, 2.75) is 57.4 Å². The molecule has 0 radical (unpaired) electrons. The van der Waals surface area contributed by atoms with Crippen molar-refractivity contribution in [3.63, 3.8) is 0 Å². The zero-order chi connectivity index (χ0) is 18.5. The lowest BCUT2D eigenvalue weighted by Gasteiger charge is -2.37. The van der Waals surface area contributed by atoms with Gasteiger partial charge in [-0.2, -0.15) is 5.10 Å². The first-order valence-corrected chi connectivity index (χ1v) is 9.52. The minimum absolute atomic E-state index is 0.00373. The summed E-state index contributed by atoms with van der Waals surface area (Å²) in [6.07, 6.45) is 9.09. The molecule has 0 saturated heterocycles. The predicted molar refractivity (Wildman–Crippen MR) is 94.9 cm³/mol. The van der Waals surface area contributed by atoms with Gasteiger partial charge < -0.3 is 5.32 Å². The van der Waals surface area contributed by atoms with Gasteiger partial charge in [-0.15, -0.1) is 0 Å². The first-order valence-electron chi connectivity index (χ1n) is 9.52. The molecule has 1 aromatic rings. The van der Waals surface area contributed by atoms with Gasteiger partial charge in [0.1, 0.15) is 5.69 Å². The third kappa shape index (κ3) is 2.45. The van der Waals surface area contributed by atoms with Crippen LogP contribution in [0.2, 0.25) is 0 Å². The van der Waals surface area contributed by atoms with Gasteiger partial charge in [-0.3, -0.25) is 9.48 Å². The van der Waals surface area contributed by atoms with Crippen molar-refractivity contribution >= 4 is 5.91 Å². The molecule has 0 aliphatic heterocycles. The molecule has 6 heteroatoms. The molecule has 0 spiro atoms. The van der Waals surface area contributed by atoms with Crippen molar-refractivity contribution < 1.29 is 13.6 Å². The van der Waals surface area contributed by atoms with Crippen molar-refractivity contribution in [2.75, 3.05) is 0 Å². The summed E-state index contributed by atoms with van der Waals surface area (Å²) in [6.45, 7) is 2.16. The molecule has 1 N–H and O–H groups in total. The molecule has 1 fully saturated rings. The summed E-state index contributed by atoms with van der Waals surface area (Å²) in [5.74, 6) is 0.444. The van der Waals surface area contributed by atoms with Gasteiger partial charge in [-0.25, -0.2) is 8.78 Å². The van der Waals surface area contributed by atoms with E-state index in [1.165, 1.54) is 22.0 Å². The average Bonchev–Trinajstić information content (AvgIpc) is 3.24. The summed E-state index contributed by atoms with van der Waals surface area (Å²) < 4.78 is 27.9. The topological polar surface area (TPSA) is 46.9 Å². The first-order chi connectivity index (χ1) is 12.5. The zero-order valence-electron chi connectivity index (χ0n) is 15.3. The molecule has 3 aliphatic rings. The fourth-order valence-corrected chi connectivity index (χ4v) is 5.47. The van der Waals surface area contributed by atoms with Crippen LogP contribution >= 0.6 is 0 Å². The van der Waals surface area contributed by atoms with Crippen LogP contribution in [0.15, 0.2) is 29.5 Å². The Labute approximate surface area is 152 Å². The van der Waals surface area contributed by atoms with Crippen molar-refractivity contribution in [2.24, 2.45) is 18.9 Å². The van der Waals surface area contributed by atoms with E-state index < -0.39 is 18.0 Å². The highest BCUT2D eigenvalue weighted by atomic mass is 19.3. The number of nitrogens with zero attached hydrogens (tertiary/aromatic N) is 2. The van der Waals surface area contributed by atoms with Crippen LogP contribution in [-0.2, 0) is 7.05 Å². The van der Waals surface area contributed by atoms with Crippen molar-refractivity contribution in [1.82, 2.24) is 15.1 Å². The number of aryl methyl sites for hydroxylation is 1. The van der Waals surface area contributed by atoms with Crippen LogP contribution in [-0.4, -0.2) is 21.2 Å². The number of rotatable bonds is 5. The third-order valence-electron chi connectivity index (χ3n) is 6.36. The third-order valence-corrected chi connectivity index (χ3v) is 6.36. The minimum Gasteiger partial charge on any atom is -0.342 e. The molecule has 3 unspecified atom stereocenters. The Morgan fingerprint density at radius 1 is 1.50 bits per heavy atom. The number of hydrogen-bond acceptors (Lipinski definition) is 2. The molecule has 0 aromatic carbocycles. The lowest BCUT2D eigenvalue weighted by atomic mass is 9.78. The number of alkyl halides is 2. The highest BCUT2D eigenvalue weighted by molar-refractivity contribution is 5.96. The summed E-state index contributed by atoms with van der Waals surface area (Å²) in [4.78, 5) is 13.0. The second-order valence-corrected chi connectivity index (χ2v) is 7.74. The Morgan fingerprint density at radius 3 is 3.04 bits per heavy atom. The number of nitrogens with one attached hydrogen (secondary N) is 1. The Balaban J connectivity index is 1.70. The number of allylic oxidation sites excluding steroid dienone is 3. The molecule has 4 nitrogen and oxygen atoms in total. The maximum Gasteiger partial charge on any atom is 0.282 e. The molecule has 3 atom stereocenters. The average molecular weight is 361 g/mol. The fraction of sp³-hybridized carbons (Fsp3) is 0.600. The second kappa shape index (κ2) is 6.32. The van der Waals surface area contributed by atoms with E-state index in [-0.39, 0.29) is 11.1 Å². The highest BCUT2D eigenvalue weighted by Crippen LogP contribution is 2.59. The van der Waals surface area contributed by atoms with Gasteiger partial charge in [-0.05, 0) is 55.1 Å². The molecule has 1 aromatic heterocycles. The number of carbonyl (C=O) groups excluding carboxylic acids is 1. The number of carbonyl (C=O) groups is 1. The Bertz CT molecular complexity index is 795. The molecular weight excluding hydrogens is 336 g/mol. The molecule has 4 rings (SSSR count). The monoisotopic (exact) mass is 361 g/mol. The summed E-state index contributed by atoms with van der Waals surface area (Å²) in [5, 5.41) is 7.01. The van der Waals surface area contributed by atoms with Crippen LogP contribution in [0.5, 0.6) is 0 Å². The van der Waals surface area contributed by atoms with Crippen molar-refractivity contribution in [1.29, 1.82) is 0 Å². The number of hydrogen-bond donors (Lipinski definition) is 1. The lowest BCUT2D eigenvalue weighted by Crippen LogP contribution is -2.51. The van der Waals surface area contributed by atoms with Crippen LogP contribution in [0.4, 0.5) is 8.78 Å². The van der Waals surface area contributed by atoms with Crippen molar-refractivity contribution in [3.8, 4) is 0 Å². The Morgan fingerprint density at radius 2 is 2.31 bits per heavy atom. The molecule has 1 saturated carbocycles. The van der Waals surface area contributed by atoms with Crippen LogP contribution in [0.25, 0.3) is 0 Å². The van der Waals surface area contributed by atoms with Gasteiger partial charge >= 0.3 is 0 Å². The number of amides is 1. The largest absolute Gasteiger partial charge is 0.342 e. The Hall–Kier alpha value is -1.98. The van der Waals surface area contributed by atoms with Crippen LogP contribution < -0.4 is 5.32 Å². The highest BCUT2D eigenvalue weighted by Gasteiger charge is 2.57. The number of halogens is 2. The standard InChI is InChI=1S/C20H25F2N3O/c1-3-6-15-13-9-10-20(15,16-8-5-4-7-12(13)16)23-19(26)14-11-25(2)24-17(14)18(21)22/h4,7,11,13,15,18H,3,5-6,8-10H2,1-2H3,(H,23,26). The second-order valence-electron chi connectivity index (χ2n) is 7.74. The van der Waals surface area contributed by atoms with E-state index in [1.54, 1.807) is 7.05 Å². The van der Waals surface area contributed by atoms with E-state index in [9.17, 15) is 13.6 Å². The molecule has 26 heavy (non-hydrogen) atoms. The SMILES string of the molecule is CCCC1C2CCC1(NC(=O)c1cn(C)nc1C(F)F)C1=C2C=CCC1. The van der Waals surface area contributed by atoms with Crippen molar-refractivity contribution in [3.05, 3.63) is 40.8 Å². The van der Waals surface area contributed by atoms with E-state index in [1.807, 2.05) is 0 Å². The van der Waals surface area contributed by atoms with Gasteiger partial charge in [0.25, 0.3) is 12.3 Å². The predicted octanol–water partition coefficient (Wildman–Crippen LogP) is 4.31. The molecule has 3 aliphatic carbocycles. The smallest absolute Gasteiger partial charge is 0.282 e. The van der Waals surface area contributed by atoms with Gasteiger partial charge in [0.05, 0.1) is 11.1 Å². The summed E-state index contributed by atoms with van der Waals surface area (Å²) in [6, 6.07) is 0. The molecule has 1 amide bonds. The van der Waals surface area contributed by atoms with E-state index >= 15 is 0 Å². The quantitative estimate of drug-likeness (QED) is 0.849. The van der Waals surface area contributed by atoms with Gasteiger partial charge in [0, 0.05) is 13.2 Å². The van der Waals surface area contributed by atoms with E-state index in [0.29, 0.717) is 11.8 Å². The maximum atomic E-state index is 13.3. The molecular formula is C20H25F2N3O. The normalized spacial score (nSPS) is 29.6. The van der Waals surface area contributed by atoms with Crippen LogP contribution in [0.1, 0.15) is 67.9 Å². The molecule has 2 bridgehead atoms. The minimum atomic E-state index is -2.76. The van der Waals surface area contributed by atoms with E-state index in [4.69, 9.17) is 0 Å². The lowest BCUT2D eigenvalue weighted by molar-refractivity contribution is 0.0877. The summed E-state index contributed by atoms with van der Waals surface area (Å²) in [7, 11) is 1.56. The summed E-state index contributed by atoms with van der Waals surface area (Å²) >= 11 is 0. The van der Waals surface area contributed by atoms with Gasteiger partial charge in [0.2, 0.25) is 0 Å². The fourth-order valence-electron chi connectivity index (χ4n) is 5.47. The Kier molecular flexibility index (Phi) is 4.24. The van der Waals surface area contributed by atoms with E-state index in [2.05, 4.69) is 29.5 Å². The maximum absolute atomic E-state index is 13.3. The number of fused-ring (bicyclic) bond motifs is 4. The number of aromatic nitrogens is 2. The zero-order valence-corrected chi connectivity index (χ0v) is 15.3. The van der Waals surface area contributed by atoms with E-state index in [0.717, 1.165) is 38.5 Å². The first kappa shape index (κ1) is 17.4. The van der Waals surface area contributed by atoms with Gasteiger partial charge in [-0.1, -0.05) is 25.5 Å². The van der Waals surface area contributed by atoms with Crippen LogP contribution in [0.3, 0.4) is 0 Å². The molecule has 140 valence electrons. The molecule has 1 heterocycles.